The predicted octanol–water partition coefficient (Wildman–Crippen LogP) is 2.05. The van der Waals surface area contributed by atoms with Crippen LogP contribution in [0.3, 0.4) is 0 Å². The molecule has 0 aliphatic carbocycles. The second-order valence-electron chi connectivity index (χ2n) is 5.03. The van der Waals surface area contributed by atoms with E-state index in [1.807, 2.05) is 17.0 Å². The van der Waals surface area contributed by atoms with E-state index in [9.17, 15) is 4.79 Å². The molecular weight excluding hydrogens is 270 g/mol. The third kappa shape index (κ3) is 3.21. The molecule has 6 nitrogen and oxygen atoms in total. The zero-order chi connectivity index (χ0) is 14.7. The van der Waals surface area contributed by atoms with Crippen molar-refractivity contribution in [2.75, 3.05) is 19.7 Å². The Bertz CT molecular complexity index is 615. The summed E-state index contributed by atoms with van der Waals surface area (Å²) in [5, 5.41) is 7.74. The van der Waals surface area contributed by atoms with E-state index in [0.717, 1.165) is 31.5 Å². The Hall–Kier alpha value is -2.37. The third-order valence-corrected chi connectivity index (χ3v) is 3.45. The molecule has 1 aromatic heterocycles. The number of likely N-dealkylation sites (tertiary alicyclic amines) is 1. The van der Waals surface area contributed by atoms with Crippen LogP contribution < -0.4 is 4.74 Å². The lowest BCUT2D eigenvalue weighted by atomic mass is 10.2. The number of rotatable bonds is 4. The molecule has 2 heterocycles. The van der Waals surface area contributed by atoms with Crippen molar-refractivity contribution in [2.24, 2.45) is 0 Å². The second-order valence-corrected chi connectivity index (χ2v) is 5.03. The second kappa shape index (κ2) is 5.95. The van der Waals surface area contributed by atoms with E-state index < -0.39 is 0 Å². The van der Waals surface area contributed by atoms with Gasteiger partial charge in [0.05, 0.1) is 0 Å². The van der Waals surface area contributed by atoms with E-state index in [2.05, 4.69) is 10.2 Å². The van der Waals surface area contributed by atoms with Gasteiger partial charge < -0.3 is 14.1 Å². The maximum atomic E-state index is 11.9. The lowest BCUT2D eigenvalue weighted by molar-refractivity contribution is -0.132. The molecule has 0 bridgehead atoms. The van der Waals surface area contributed by atoms with E-state index in [0.29, 0.717) is 17.5 Å². The van der Waals surface area contributed by atoms with E-state index in [1.54, 1.807) is 19.1 Å². The van der Waals surface area contributed by atoms with E-state index >= 15 is 0 Å². The van der Waals surface area contributed by atoms with Crippen LogP contribution in [0.15, 0.2) is 28.7 Å². The van der Waals surface area contributed by atoms with Crippen LogP contribution in [0.4, 0.5) is 0 Å². The van der Waals surface area contributed by atoms with Crippen LogP contribution >= 0.6 is 0 Å². The highest BCUT2D eigenvalue weighted by molar-refractivity contribution is 5.78. The summed E-state index contributed by atoms with van der Waals surface area (Å²) < 4.78 is 10.9. The molecule has 21 heavy (non-hydrogen) atoms. The molecule has 0 radical (unpaired) electrons. The quantitative estimate of drug-likeness (QED) is 0.860. The number of carbonyl (C=O) groups excluding carboxylic acids is 1. The molecule has 3 rings (SSSR count). The van der Waals surface area contributed by atoms with Crippen molar-refractivity contribution in [2.45, 2.75) is 19.8 Å². The summed E-state index contributed by atoms with van der Waals surface area (Å²) in [6.45, 7) is 3.52. The Morgan fingerprint density at radius 2 is 1.95 bits per heavy atom. The molecule has 1 saturated heterocycles. The summed E-state index contributed by atoms with van der Waals surface area (Å²) in [4.78, 5) is 13.7. The maximum absolute atomic E-state index is 11.9. The van der Waals surface area contributed by atoms with Crippen molar-refractivity contribution in [1.29, 1.82) is 0 Å². The standard InChI is InChI=1S/C15H17N3O3/c1-11-16-17-15(21-11)12-4-6-13(7-5-12)20-10-14(19)18-8-2-3-9-18/h4-7H,2-3,8-10H2,1H3. The summed E-state index contributed by atoms with van der Waals surface area (Å²) >= 11 is 0. The van der Waals surface area contributed by atoms with Crippen LogP contribution in [-0.4, -0.2) is 40.7 Å². The normalized spacial score (nSPS) is 14.4. The molecule has 0 saturated carbocycles. The minimum absolute atomic E-state index is 0.0455. The number of aromatic nitrogens is 2. The molecule has 110 valence electrons. The minimum atomic E-state index is 0.0455. The molecule has 1 amide bonds. The topological polar surface area (TPSA) is 68.5 Å². The number of nitrogens with zero attached hydrogens (tertiary/aromatic N) is 3. The van der Waals surface area contributed by atoms with Gasteiger partial charge in [0.2, 0.25) is 11.8 Å². The molecule has 0 spiro atoms. The summed E-state index contributed by atoms with van der Waals surface area (Å²) in [7, 11) is 0. The van der Waals surface area contributed by atoms with Crippen LogP contribution in [0.5, 0.6) is 5.75 Å². The van der Waals surface area contributed by atoms with Crippen LogP contribution in [0, 0.1) is 6.92 Å². The van der Waals surface area contributed by atoms with Crippen LogP contribution in [0.2, 0.25) is 0 Å². The first-order valence-electron chi connectivity index (χ1n) is 7.03. The first kappa shape index (κ1) is 13.6. The Morgan fingerprint density at radius 1 is 1.24 bits per heavy atom. The van der Waals surface area contributed by atoms with Gasteiger partial charge in [0, 0.05) is 25.6 Å². The molecule has 0 atom stereocenters. The van der Waals surface area contributed by atoms with Crippen LogP contribution in [0.1, 0.15) is 18.7 Å². The van der Waals surface area contributed by atoms with Gasteiger partial charge in [-0.15, -0.1) is 10.2 Å². The summed E-state index contributed by atoms with van der Waals surface area (Å²) in [6.07, 6.45) is 2.17. The van der Waals surface area contributed by atoms with Gasteiger partial charge in [0.25, 0.3) is 5.91 Å². The summed E-state index contributed by atoms with van der Waals surface area (Å²) in [6, 6.07) is 7.27. The smallest absolute Gasteiger partial charge is 0.260 e. The van der Waals surface area contributed by atoms with Gasteiger partial charge in [-0.1, -0.05) is 0 Å². The summed E-state index contributed by atoms with van der Waals surface area (Å²) in [5.41, 5.74) is 0.828. The lowest BCUT2D eigenvalue weighted by Crippen LogP contribution is -2.32. The SMILES string of the molecule is Cc1nnc(-c2ccc(OCC(=O)N3CCCC3)cc2)o1. The van der Waals surface area contributed by atoms with Gasteiger partial charge in [-0.05, 0) is 37.1 Å². The predicted molar refractivity (Wildman–Crippen MR) is 75.8 cm³/mol. The van der Waals surface area contributed by atoms with Gasteiger partial charge in [-0.2, -0.15) is 0 Å². The molecule has 2 aromatic rings. The number of aryl methyl sites for hydroxylation is 1. The van der Waals surface area contributed by atoms with Crippen molar-refractivity contribution in [3.63, 3.8) is 0 Å². The van der Waals surface area contributed by atoms with Crippen molar-refractivity contribution >= 4 is 5.91 Å². The van der Waals surface area contributed by atoms with E-state index in [1.165, 1.54) is 0 Å². The largest absolute Gasteiger partial charge is 0.484 e. The maximum Gasteiger partial charge on any atom is 0.260 e. The highest BCUT2D eigenvalue weighted by Crippen LogP contribution is 2.21. The van der Waals surface area contributed by atoms with Crippen molar-refractivity contribution in [1.82, 2.24) is 15.1 Å². The highest BCUT2D eigenvalue weighted by atomic mass is 16.5. The number of hydrogen-bond donors (Lipinski definition) is 0. The van der Waals surface area contributed by atoms with Crippen molar-refractivity contribution in [3.8, 4) is 17.2 Å². The molecular formula is C15H17N3O3. The van der Waals surface area contributed by atoms with Gasteiger partial charge in [-0.25, -0.2) is 0 Å². The summed E-state index contributed by atoms with van der Waals surface area (Å²) in [5.74, 6) is 1.71. The number of hydrogen-bond acceptors (Lipinski definition) is 5. The number of benzene rings is 1. The Labute approximate surface area is 122 Å². The number of carbonyl (C=O) groups is 1. The van der Waals surface area contributed by atoms with Gasteiger partial charge in [0.1, 0.15) is 5.75 Å². The Balaban J connectivity index is 1.58. The molecule has 1 aromatic carbocycles. The third-order valence-electron chi connectivity index (χ3n) is 3.45. The number of amides is 1. The average Bonchev–Trinajstić information content (AvgIpc) is 3.17. The molecule has 1 aliphatic rings. The van der Waals surface area contributed by atoms with Crippen LogP contribution in [-0.2, 0) is 4.79 Å². The van der Waals surface area contributed by atoms with E-state index in [-0.39, 0.29) is 12.5 Å². The minimum Gasteiger partial charge on any atom is -0.484 e. The zero-order valence-corrected chi connectivity index (χ0v) is 11.9. The van der Waals surface area contributed by atoms with Crippen molar-refractivity contribution in [3.05, 3.63) is 30.2 Å². The number of ether oxygens (including phenoxy) is 1. The van der Waals surface area contributed by atoms with Gasteiger partial charge in [-0.3, -0.25) is 4.79 Å². The fourth-order valence-electron chi connectivity index (χ4n) is 2.31. The van der Waals surface area contributed by atoms with E-state index in [4.69, 9.17) is 9.15 Å². The van der Waals surface area contributed by atoms with Crippen molar-refractivity contribution < 1.29 is 13.9 Å². The van der Waals surface area contributed by atoms with Gasteiger partial charge >= 0.3 is 0 Å². The lowest BCUT2D eigenvalue weighted by Gasteiger charge is -2.15. The monoisotopic (exact) mass is 287 g/mol. The molecule has 6 heteroatoms. The molecule has 1 fully saturated rings. The first-order chi connectivity index (χ1) is 10.2. The molecule has 1 aliphatic heterocycles. The first-order valence-corrected chi connectivity index (χ1v) is 7.03. The van der Waals surface area contributed by atoms with Gasteiger partial charge in [0.15, 0.2) is 6.61 Å². The average molecular weight is 287 g/mol. The molecule has 0 N–H and O–H groups in total. The fourth-order valence-corrected chi connectivity index (χ4v) is 2.31. The Morgan fingerprint density at radius 3 is 2.57 bits per heavy atom. The highest BCUT2D eigenvalue weighted by Gasteiger charge is 2.18. The fraction of sp³-hybridized carbons (Fsp3) is 0.400. The zero-order valence-electron chi connectivity index (χ0n) is 11.9. The molecule has 0 unspecified atom stereocenters. The van der Waals surface area contributed by atoms with Crippen LogP contribution in [0.25, 0.3) is 11.5 Å². The Kier molecular flexibility index (Phi) is 3.85.